The molecule has 0 atom stereocenters. The van der Waals surface area contributed by atoms with E-state index in [0.717, 1.165) is 12.2 Å². The Labute approximate surface area is 71.4 Å². The molecule has 2 rings (SSSR count). The van der Waals surface area contributed by atoms with Crippen LogP contribution in [0.2, 0.25) is 0 Å². The van der Waals surface area contributed by atoms with Gasteiger partial charge in [0.1, 0.15) is 6.26 Å². The minimum Gasteiger partial charge on any atom is -0.432 e. The van der Waals surface area contributed by atoms with Crippen molar-refractivity contribution >= 4 is 6.01 Å². The van der Waals surface area contributed by atoms with Crippen LogP contribution in [0, 0.1) is 0 Å². The van der Waals surface area contributed by atoms with Crippen LogP contribution in [0.1, 0.15) is 18.5 Å². The van der Waals surface area contributed by atoms with Gasteiger partial charge in [-0.1, -0.05) is 0 Å². The fourth-order valence-corrected chi connectivity index (χ4v) is 1.57. The van der Waals surface area contributed by atoms with E-state index in [4.69, 9.17) is 10.2 Å². The number of anilines is 1. The Morgan fingerprint density at radius 2 is 2.25 bits per heavy atom. The minimum atomic E-state index is 0.268. The summed E-state index contributed by atoms with van der Waals surface area (Å²) in [5.41, 5.74) is 6.30. The number of likely N-dealkylation sites (tertiary alicyclic amines) is 1. The van der Waals surface area contributed by atoms with Gasteiger partial charge >= 0.3 is 0 Å². The lowest BCUT2D eigenvalue weighted by molar-refractivity contribution is 0.327. The summed E-state index contributed by atoms with van der Waals surface area (Å²) < 4.78 is 4.91. The van der Waals surface area contributed by atoms with Crippen molar-refractivity contribution in [3.05, 3.63) is 12.0 Å². The van der Waals surface area contributed by atoms with E-state index in [1.54, 1.807) is 6.26 Å². The Morgan fingerprint density at radius 1 is 1.50 bits per heavy atom. The topological polar surface area (TPSA) is 55.3 Å². The van der Waals surface area contributed by atoms with E-state index in [-0.39, 0.29) is 6.01 Å². The second-order valence-electron chi connectivity index (χ2n) is 3.16. The summed E-state index contributed by atoms with van der Waals surface area (Å²) in [7, 11) is 0. The maximum absolute atomic E-state index is 5.36. The van der Waals surface area contributed by atoms with Gasteiger partial charge in [0.15, 0.2) is 0 Å². The second-order valence-corrected chi connectivity index (χ2v) is 3.16. The highest BCUT2D eigenvalue weighted by Gasteiger charge is 2.13. The fraction of sp³-hybridized carbons (Fsp3) is 0.625. The molecule has 12 heavy (non-hydrogen) atoms. The number of hydrogen-bond acceptors (Lipinski definition) is 4. The molecule has 4 nitrogen and oxygen atoms in total. The molecule has 0 unspecified atom stereocenters. The molecule has 2 heterocycles. The first-order chi connectivity index (χ1) is 5.84. The fourth-order valence-electron chi connectivity index (χ4n) is 1.57. The number of oxazole rings is 1. The number of rotatable bonds is 2. The molecule has 0 radical (unpaired) electrons. The zero-order valence-electron chi connectivity index (χ0n) is 6.99. The van der Waals surface area contributed by atoms with Gasteiger partial charge in [0.25, 0.3) is 6.01 Å². The van der Waals surface area contributed by atoms with Gasteiger partial charge in [-0.15, -0.1) is 0 Å². The summed E-state index contributed by atoms with van der Waals surface area (Å²) in [6.45, 7) is 3.22. The maximum Gasteiger partial charge on any atom is 0.292 e. The van der Waals surface area contributed by atoms with E-state index in [9.17, 15) is 0 Å². The first kappa shape index (κ1) is 7.61. The van der Waals surface area contributed by atoms with Gasteiger partial charge in [-0.3, -0.25) is 4.90 Å². The molecule has 1 saturated heterocycles. The number of aromatic nitrogens is 1. The van der Waals surface area contributed by atoms with E-state index in [0.29, 0.717) is 0 Å². The highest BCUT2D eigenvalue weighted by Crippen LogP contribution is 2.12. The highest BCUT2D eigenvalue weighted by atomic mass is 16.4. The lowest BCUT2D eigenvalue weighted by Crippen LogP contribution is -2.18. The predicted molar refractivity (Wildman–Crippen MR) is 45.4 cm³/mol. The van der Waals surface area contributed by atoms with Crippen molar-refractivity contribution < 1.29 is 4.42 Å². The Balaban J connectivity index is 1.94. The minimum absolute atomic E-state index is 0.268. The normalized spacial score (nSPS) is 18.7. The van der Waals surface area contributed by atoms with Crippen LogP contribution in [0.3, 0.4) is 0 Å². The lowest BCUT2D eigenvalue weighted by atomic mass is 10.4. The van der Waals surface area contributed by atoms with Crippen LogP contribution in [-0.2, 0) is 6.54 Å². The molecule has 1 aliphatic rings. The van der Waals surface area contributed by atoms with Crippen molar-refractivity contribution in [2.75, 3.05) is 18.8 Å². The summed E-state index contributed by atoms with van der Waals surface area (Å²) in [6.07, 6.45) is 4.23. The van der Waals surface area contributed by atoms with Gasteiger partial charge in [0.2, 0.25) is 0 Å². The monoisotopic (exact) mass is 167 g/mol. The Morgan fingerprint density at radius 3 is 2.83 bits per heavy atom. The van der Waals surface area contributed by atoms with Crippen LogP contribution in [-0.4, -0.2) is 23.0 Å². The van der Waals surface area contributed by atoms with Crippen LogP contribution >= 0.6 is 0 Å². The number of nitrogens with zero attached hydrogens (tertiary/aromatic N) is 2. The third-order valence-electron chi connectivity index (χ3n) is 2.15. The van der Waals surface area contributed by atoms with Crippen molar-refractivity contribution in [3.8, 4) is 0 Å². The standard InChI is InChI=1S/C8H13N3O/c9-8-10-7(6-12-8)5-11-3-1-2-4-11/h6H,1-5H2,(H2,9,10). The van der Waals surface area contributed by atoms with Crippen LogP contribution in [0.5, 0.6) is 0 Å². The van der Waals surface area contributed by atoms with E-state index in [1.165, 1.54) is 25.9 Å². The highest BCUT2D eigenvalue weighted by molar-refractivity contribution is 5.12. The quantitative estimate of drug-likeness (QED) is 0.709. The molecular formula is C8H13N3O. The van der Waals surface area contributed by atoms with Gasteiger partial charge in [-0.2, -0.15) is 4.98 Å². The van der Waals surface area contributed by atoms with Crippen LogP contribution < -0.4 is 5.73 Å². The molecule has 0 aliphatic carbocycles. The summed E-state index contributed by atoms with van der Waals surface area (Å²) in [5, 5.41) is 0. The molecule has 1 fully saturated rings. The largest absolute Gasteiger partial charge is 0.432 e. The maximum atomic E-state index is 5.36. The zero-order chi connectivity index (χ0) is 8.39. The van der Waals surface area contributed by atoms with Gasteiger partial charge < -0.3 is 10.2 Å². The molecule has 2 N–H and O–H groups in total. The third-order valence-corrected chi connectivity index (χ3v) is 2.15. The van der Waals surface area contributed by atoms with Gasteiger partial charge in [0.05, 0.1) is 5.69 Å². The molecule has 1 aliphatic heterocycles. The zero-order valence-corrected chi connectivity index (χ0v) is 6.99. The average molecular weight is 167 g/mol. The molecule has 0 aromatic carbocycles. The third kappa shape index (κ3) is 1.58. The molecule has 66 valence electrons. The SMILES string of the molecule is Nc1nc(CN2CCCC2)co1. The van der Waals surface area contributed by atoms with Crippen LogP contribution in [0.25, 0.3) is 0 Å². The molecule has 0 amide bonds. The van der Waals surface area contributed by atoms with Gasteiger partial charge in [-0.05, 0) is 25.9 Å². The van der Waals surface area contributed by atoms with E-state index in [1.807, 2.05) is 0 Å². The Bertz CT molecular complexity index is 253. The first-order valence-electron chi connectivity index (χ1n) is 4.27. The summed E-state index contributed by atoms with van der Waals surface area (Å²) in [6, 6.07) is 0.268. The number of nitrogens with two attached hydrogens (primary N) is 1. The van der Waals surface area contributed by atoms with Gasteiger partial charge in [0, 0.05) is 6.54 Å². The molecule has 0 spiro atoms. The van der Waals surface area contributed by atoms with Crippen LogP contribution in [0.15, 0.2) is 10.7 Å². The molecule has 0 bridgehead atoms. The predicted octanol–water partition coefficient (Wildman–Crippen LogP) is 0.853. The van der Waals surface area contributed by atoms with Crippen molar-refractivity contribution in [3.63, 3.8) is 0 Å². The number of hydrogen-bond donors (Lipinski definition) is 1. The summed E-state index contributed by atoms with van der Waals surface area (Å²) in [4.78, 5) is 6.40. The van der Waals surface area contributed by atoms with Crippen molar-refractivity contribution in [1.82, 2.24) is 9.88 Å². The molecule has 0 saturated carbocycles. The van der Waals surface area contributed by atoms with Gasteiger partial charge in [-0.25, -0.2) is 0 Å². The van der Waals surface area contributed by atoms with Crippen molar-refractivity contribution in [2.24, 2.45) is 0 Å². The molecular weight excluding hydrogens is 154 g/mol. The van der Waals surface area contributed by atoms with Crippen molar-refractivity contribution in [2.45, 2.75) is 19.4 Å². The lowest BCUT2D eigenvalue weighted by Gasteiger charge is -2.10. The smallest absolute Gasteiger partial charge is 0.292 e. The second kappa shape index (κ2) is 3.15. The van der Waals surface area contributed by atoms with E-state index in [2.05, 4.69) is 9.88 Å². The Hall–Kier alpha value is -1.03. The molecule has 4 heteroatoms. The van der Waals surface area contributed by atoms with Crippen LogP contribution in [0.4, 0.5) is 6.01 Å². The Kier molecular flexibility index (Phi) is 1.99. The molecule has 1 aromatic heterocycles. The van der Waals surface area contributed by atoms with Crippen molar-refractivity contribution in [1.29, 1.82) is 0 Å². The molecule has 1 aromatic rings. The average Bonchev–Trinajstić information content (AvgIpc) is 2.63. The summed E-state index contributed by atoms with van der Waals surface area (Å²) in [5.74, 6) is 0. The van der Waals surface area contributed by atoms with E-state index < -0.39 is 0 Å². The van der Waals surface area contributed by atoms with E-state index >= 15 is 0 Å². The number of nitrogen functional groups attached to an aromatic ring is 1. The summed E-state index contributed by atoms with van der Waals surface area (Å²) >= 11 is 0. The first-order valence-corrected chi connectivity index (χ1v) is 4.27.